The number of hydrogen-bond acceptors (Lipinski definition) is 1. The summed E-state index contributed by atoms with van der Waals surface area (Å²) in [5.74, 6) is 0. The van der Waals surface area contributed by atoms with E-state index in [-0.39, 0.29) is 5.41 Å². The Kier molecular flexibility index (Phi) is 7.04. The van der Waals surface area contributed by atoms with E-state index in [2.05, 4.69) is 208 Å². The standard InChI is InChI=1S/C59H38S/c1-59(2)53-21-10-9-15-44(53)51-33-52-50-29-27-40-31-39(26-28-43(40)58(50)60-55(52)34-54(51)59)36-22-23-38-32-41(25-24-37(38)30-36)56-46-16-5-7-18-48(46)57(49-19-8-6-17-47(49)56)45-20-11-13-35-12-3-4-14-42(35)45/h3-34H,1-2H3. The second-order valence-corrected chi connectivity index (χ2v) is 18.2. The molecule has 12 aromatic rings. The SMILES string of the molecule is CC1(C)c2ccccc2-c2cc3c(cc21)sc1c2ccc(-c4ccc5cc(-c6c7ccccc7c(-c7cccc8ccccc78)c7ccccc67)ccc5c4)cc2ccc31. The fourth-order valence-electron chi connectivity index (χ4n) is 10.7. The van der Waals surface area contributed by atoms with E-state index in [4.69, 9.17) is 0 Å². The molecule has 280 valence electrons. The number of benzene rings is 11. The van der Waals surface area contributed by atoms with Crippen LogP contribution in [-0.2, 0) is 5.41 Å². The Morgan fingerprint density at radius 2 is 0.867 bits per heavy atom. The van der Waals surface area contributed by atoms with E-state index in [0.29, 0.717) is 0 Å². The second-order valence-electron chi connectivity index (χ2n) is 17.2. The van der Waals surface area contributed by atoms with Crippen molar-refractivity contribution in [2.24, 2.45) is 0 Å². The minimum Gasteiger partial charge on any atom is -0.135 e. The van der Waals surface area contributed by atoms with E-state index in [1.807, 2.05) is 11.3 Å². The highest BCUT2D eigenvalue weighted by molar-refractivity contribution is 7.26. The highest BCUT2D eigenvalue weighted by atomic mass is 32.1. The molecule has 60 heavy (non-hydrogen) atoms. The van der Waals surface area contributed by atoms with Crippen molar-refractivity contribution in [1.29, 1.82) is 0 Å². The zero-order valence-corrected chi connectivity index (χ0v) is 34.2. The maximum absolute atomic E-state index is 2.47. The van der Waals surface area contributed by atoms with Gasteiger partial charge in [-0.25, -0.2) is 0 Å². The Balaban J connectivity index is 0.906. The summed E-state index contributed by atoms with van der Waals surface area (Å²) < 4.78 is 2.75. The summed E-state index contributed by atoms with van der Waals surface area (Å²) in [6.45, 7) is 4.74. The lowest BCUT2D eigenvalue weighted by atomic mass is 9.82. The Labute approximate surface area is 352 Å². The summed E-state index contributed by atoms with van der Waals surface area (Å²) in [6, 6.07) is 73.0. The van der Waals surface area contributed by atoms with Crippen LogP contribution in [0.3, 0.4) is 0 Å². The first kappa shape index (κ1) is 33.9. The van der Waals surface area contributed by atoms with E-state index in [1.165, 1.54) is 130 Å². The summed E-state index contributed by atoms with van der Waals surface area (Å²) in [7, 11) is 0. The van der Waals surface area contributed by atoms with Crippen LogP contribution in [0.2, 0.25) is 0 Å². The van der Waals surface area contributed by atoms with Crippen LogP contribution in [0.4, 0.5) is 0 Å². The van der Waals surface area contributed by atoms with E-state index < -0.39 is 0 Å². The van der Waals surface area contributed by atoms with Crippen LogP contribution in [-0.4, -0.2) is 0 Å². The fraction of sp³-hybridized carbons (Fsp3) is 0.0508. The van der Waals surface area contributed by atoms with Gasteiger partial charge in [0.1, 0.15) is 0 Å². The fourth-order valence-corrected chi connectivity index (χ4v) is 11.9. The minimum absolute atomic E-state index is 0.00163. The summed E-state index contributed by atoms with van der Waals surface area (Å²) >= 11 is 1.94. The molecule has 0 bridgehead atoms. The number of hydrogen-bond donors (Lipinski definition) is 0. The van der Waals surface area contributed by atoms with Gasteiger partial charge in [-0.2, -0.15) is 0 Å². The molecule has 0 atom stereocenters. The van der Waals surface area contributed by atoms with Gasteiger partial charge in [-0.15, -0.1) is 11.3 Å². The van der Waals surface area contributed by atoms with Crippen molar-refractivity contribution < 1.29 is 0 Å². The van der Waals surface area contributed by atoms with Crippen LogP contribution in [0.25, 0.3) is 119 Å². The van der Waals surface area contributed by atoms with Crippen molar-refractivity contribution >= 4 is 85.4 Å². The van der Waals surface area contributed by atoms with Crippen molar-refractivity contribution in [3.05, 3.63) is 205 Å². The molecule has 0 nitrogen and oxygen atoms in total. The number of thiophene rings is 1. The molecule has 0 unspecified atom stereocenters. The highest BCUT2D eigenvalue weighted by Crippen LogP contribution is 2.52. The van der Waals surface area contributed by atoms with Gasteiger partial charge in [-0.3, -0.25) is 0 Å². The van der Waals surface area contributed by atoms with Crippen molar-refractivity contribution in [1.82, 2.24) is 0 Å². The molecule has 13 rings (SSSR count). The maximum atomic E-state index is 2.47. The van der Waals surface area contributed by atoms with Gasteiger partial charge in [0, 0.05) is 25.6 Å². The largest absolute Gasteiger partial charge is 0.135 e. The molecule has 1 heteroatoms. The van der Waals surface area contributed by atoms with Crippen LogP contribution < -0.4 is 0 Å². The molecule has 0 spiro atoms. The Morgan fingerprint density at radius 1 is 0.317 bits per heavy atom. The van der Waals surface area contributed by atoms with Crippen LogP contribution in [0.15, 0.2) is 194 Å². The third-order valence-corrected chi connectivity index (χ3v) is 14.8. The first-order valence-corrected chi connectivity index (χ1v) is 21.8. The molecule has 11 aromatic carbocycles. The molecule has 1 aliphatic carbocycles. The lowest BCUT2D eigenvalue weighted by molar-refractivity contribution is 0.661. The van der Waals surface area contributed by atoms with Gasteiger partial charge in [0.05, 0.1) is 0 Å². The number of fused-ring (bicyclic) bond motifs is 12. The van der Waals surface area contributed by atoms with Crippen molar-refractivity contribution in [3.63, 3.8) is 0 Å². The first-order chi connectivity index (χ1) is 29.5. The van der Waals surface area contributed by atoms with E-state index in [1.54, 1.807) is 0 Å². The molecule has 1 aliphatic rings. The normalized spacial score (nSPS) is 13.3. The van der Waals surface area contributed by atoms with Gasteiger partial charge in [0.25, 0.3) is 0 Å². The molecule has 0 amide bonds. The van der Waals surface area contributed by atoms with E-state index in [9.17, 15) is 0 Å². The quantitative estimate of drug-likeness (QED) is 0.157. The molecule has 0 radical (unpaired) electrons. The maximum Gasteiger partial charge on any atom is 0.0433 e. The average molecular weight is 779 g/mol. The molecule has 0 fully saturated rings. The minimum atomic E-state index is 0.00163. The smallest absolute Gasteiger partial charge is 0.0433 e. The van der Waals surface area contributed by atoms with Gasteiger partial charge in [0.15, 0.2) is 0 Å². The third-order valence-electron chi connectivity index (χ3n) is 13.6. The second kappa shape index (κ2) is 12.5. The van der Waals surface area contributed by atoms with Gasteiger partial charge in [-0.05, 0) is 140 Å². The number of rotatable bonds is 3. The lowest BCUT2D eigenvalue weighted by Gasteiger charge is -2.21. The van der Waals surface area contributed by atoms with Gasteiger partial charge >= 0.3 is 0 Å². The first-order valence-electron chi connectivity index (χ1n) is 21.0. The molecule has 0 saturated heterocycles. The molecular weight excluding hydrogens is 741 g/mol. The molecule has 1 heterocycles. The predicted octanol–water partition coefficient (Wildman–Crippen LogP) is 17.1. The Morgan fingerprint density at radius 3 is 1.63 bits per heavy atom. The molecule has 0 N–H and O–H groups in total. The molecular formula is C59H38S. The third kappa shape index (κ3) is 4.79. The zero-order chi connectivity index (χ0) is 39.7. The summed E-state index contributed by atoms with van der Waals surface area (Å²) in [5, 5.41) is 15.5. The van der Waals surface area contributed by atoms with Gasteiger partial charge < -0.3 is 0 Å². The zero-order valence-electron chi connectivity index (χ0n) is 33.4. The summed E-state index contributed by atoms with van der Waals surface area (Å²) in [4.78, 5) is 0. The van der Waals surface area contributed by atoms with Gasteiger partial charge in [0.2, 0.25) is 0 Å². The highest BCUT2D eigenvalue weighted by Gasteiger charge is 2.35. The molecule has 1 aromatic heterocycles. The average Bonchev–Trinajstić information content (AvgIpc) is 3.78. The van der Waals surface area contributed by atoms with Crippen molar-refractivity contribution in [2.75, 3.05) is 0 Å². The predicted molar refractivity (Wildman–Crippen MR) is 261 cm³/mol. The van der Waals surface area contributed by atoms with Crippen LogP contribution in [0.1, 0.15) is 25.0 Å². The Hall–Kier alpha value is -7.06. The summed E-state index contributed by atoms with van der Waals surface area (Å²) in [5.41, 5.74) is 13.2. The van der Waals surface area contributed by atoms with Crippen LogP contribution in [0.5, 0.6) is 0 Å². The Bertz CT molecular complexity index is 3740. The molecule has 0 aliphatic heterocycles. The lowest BCUT2D eigenvalue weighted by Crippen LogP contribution is -2.14. The van der Waals surface area contributed by atoms with E-state index >= 15 is 0 Å². The van der Waals surface area contributed by atoms with Crippen molar-refractivity contribution in [3.8, 4) is 44.5 Å². The van der Waals surface area contributed by atoms with E-state index in [0.717, 1.165) is 0 Å². The topological polar surface area (TPSA) is 0 Å². The van der Waals surface area contributed by atoms with Crippen molar-refractivity contribution in [2.45, 2.75) is 19.3 Å². The summed E-state index contributed by atoms with van der Waals surface area (Å²) in [6.07, 6.45) is 0. The monoisotopic (exact) mass is 778 g/mol. The van der Waals surface area contributed by atoms with Crippen LogP contribution >= 0.6 is 11.3 Å². The molecule has 0 saturated carbocycles. The van der Waals surface area contributed by atoms with Gasteiger partial charge in [-0.1, -0.05) is 178 Å². The van der Waals surface area contributed by atoms with Crippen LogP contribution in [0, 0.1) is 0 Å².